The van der Waals surface area contributed by atoms with Crippen molar-refractivity contribution >= 4 is 5.91 Å². The summed E-state index contributed by atoms with van der Waals surface area (Å²) < 4.78 is 15.3. The minimum absolute atomic E-state index is 0.0349. The number of likely N-dealkylation sites (tertiary alicyclic amines) is 1. The molecule has 1 amide bonds. The van der Waals surface area contributed by atoms with Gasteiger partial charge in [-0.2, -0.15) is 0 Å². The Morgan fingerprint density at radius 2 is 1.96 bits per heavy atom. The van der Waals surface area contributed by atoms with Crippen LogP contribution < -0.4 is 5.32 Å². The lowest BCUT2D eigenvalue weighted by atomic mass is 9.98. The third kappa shape index (κ3) is 4.21. The number of aryl methyl sites for hydroxylation is 1. The topological polar surface area (TPSA) is 50.2 Å². The lowest BCUT2D eigenvalue weighted by Gasteiger charge is -2.27. The Hall–Kier alpha value is -2.21. The summed E-state index contributed by atoms with van der Waals surface area (Å²) in [6, 6.07) is 6.45. The summed E-state index contributed by atoms with van der Waals surface area (Å²) >= 11 is 0. The minimum Gasteiger partial charge on any atom is -0.355 e. The summed E-state index contributed by atoms with van der Waals surface area (Å²) in [6.07, 6.45) is 7.33. The summed E-state index contributed by atoms with van der Waals surface area (Å²) in [7, 11) is 0. The number of hydrogen-bond acceptors (Lipinski definition) is 3. The van der Waals surface area contributed by atoms with Crippen LogP contribution in [0.2, 0.25) is 0 Å². The van der Waals surface area contributed by atoms with Gasteiger partial charge >= 0.3 is 0 Å². The van der Waals surface area contributed by atoms with Crippen LogP contribution in [-0.4, -0.2) is 46.5 Å². The van der Waals surface area contributed by atoms with Crippen molar-refractivity contribution in [2.75, 3.05) is 26.2 Å². The number of fused-ring (bicyclic) bond motifs is 1. The highest BCUT2D eigenvalue weighted by Gasteiger charge is 2.27. The molecule has 1 fully saturated rings. The van der Waals surface area contributed by atoms with Crippen LogP contribution in [0.4, 0.5) is 4.39 Å². The van der Waals surface area contributed by atoms with Gasteiger partial charge in [-0.05, 0) is 62.2 Å². The maximum absolute atomic E-state index is 13.2. The van der Waals surface area contributed by atoms with E-state index in [1.807, 2.05) is 6.20 Å². The van der Waals surface area contributed by atoms with Gasteiger partial charge in [-0.3, -0.25) is 4.79 Å². The Morgan fingerprint density at radius 3 is 2.74 bits per heavy atom. The molecule has 6 heteroatoms. The maximum Gasteiger partial charge on any atom is 0.224 e. The number of benzene rings is 1. The molecule has 4 rings (SSSR count). The summed E-state index contributed by atoms with van der Waals surface area (Å²) in [6.45, 7) is 4.60. The number of nitrogens with zero attached hydrogens (tertiary/aromatic N) is 3. The first kappa shape index (κ1) is 18.2. The Balaban J connectivity index is 1.36. The highest BCUT2D eigenvalue weighted by molar-refractivity contribution is 5.79. The highest BCUT2D eigenvalue weighted by Crippen LogP contribution is 2.27. The van der Waals surface area contributed by atoms with Crippen molar-refractivity contribution < 1.29 is 9.18 Å². The molecular weight excluding hydrogens is 343 g/mol. The van der Waals surface area contributed by atoms with E-state index in [9.17, 15) is 9.18 Å². The quantitative estimate of drug-likeness (QED) is 0.881. The Bertz CT molecular complexity index is 780. The molecule has 1 aromatic heterocycles. The van der Waals surface area contributed by atoms with E-state index >= 15 is 0 Å². The SMILES string of the molecule is O=C(NCCN1CCCCC1)C1CCc2ncc(-c3ccc(F)cc3)n2C1. The van der Waals surface area contributed by atoms with E-state index < -0.39 is 0 Å². The molecule has 5 nitrogen and oxygen atoms in total. The standard InChI is InChI=1S/C21H27FN4O/c22-18-7-4-16(5-8-18)19-14-24-20-9-6-17(15-26(19)20)21(27)23-10-13-25-11-2-1-3-12-25/h4-5,7-8,14,17H,1-3,6,9-13,15H2,(H,23,27). The highest BCUT2D eigenvalue weighted by atomic mass is 19.1. The van der Waals surface area contributed by atoms with E-state index in [4.69, 9.17) is 0 Å². The van der Waals surface area contributed by atoms with Crippen molar-refractivity contribution in [1.82, 2.24) is 19.8 Å². The average Bonchev–Trinajstić information content (AvgIpc) is 3.12. The lowest BCUT2D eigenvalue weighted by molar-refractivity contribution is -0.126. The van der Waals surface area contributed by atoms with Crippen molar-refractivity contribution in [2.45, 2.75) is 38.6 Å². The van der Waals surface area contributed by atoms with E-state index in [2.05, 4.69) is 19.8 Å². The molecular formula is C21H27FN4O. The summed E-state index contributed by atoms with van der Waals surface area (Å²) in [4.78, 5) is 19.6. The Kier molecular flexibility index (Phi) is 5.53. The lowest BCUT2D eigenvalue weighted by Crippen LogP contribution is -2.41. The predicted octanol–water partition coefficient (Wildman–Crippen LogP) is 2.85. The number of nitrogens with one attached hydrogen (secondary N) is 1. The molecule has 2 aliphatic heterocycles. The zero-order valence-electron chi connectivity index (χ0n) is 15.7. The van der Waals surface area contributed by atoms with Gasteiger partial charge in [0.05, 0.1) is 17.8 Å². The zero-order valence-corrected chi connectivity index (χ0v) is 15.7. The van der Waals surface area contributed by atoms with E-state index in [1.165, 1.54) is 31.4 Å². The molecule has 144 valence electrons. The Labute approximate surface area is 159 Å². The van der Waals surface area contributed by atoms with E-state index in [0.29, 0.717) is 6.54 Å². The Morgan fingerprint density at radius 1 is 1.19 bits per heavy atom. The van der Waals surface area contributed by atoms with E-state index in [-0.39, 0.29) is 17.6 Å². The number of carbonyl (C=O) groups is 1. The summed E-state index contributed by atoms with van der Waals surface area (Å²) in [5.74, 6) is 0.860. The summed E-state index contributed by atoms with van der Waals surface area (Å²) in [5.41, 5.74) is 1.89. The van der Waals surface area contributed by atoms with Crippen LogP contribution in [0, 0.1) is 11.7 Å². The molecule has 2 aromatic rings. The van der Waals surface area contributed by atoms with Crippen LogP contribution in [-0.2, 0) is 17.8 Å². The number of carbonyl (C=O) groups excluding carboxylic acids is 1. The fourth-order valence-corrected chi connectivity index (χ4v) is 4.16. The van der Waals surface area contributed by atoms with Crippen molar-refractivity contribution in [3.63, 3.8) is 0 Å². The number of hydrogen-bond donors (Lipinski definition) is 1. The number of halogens is 1. The number of aromatic nitrogens is 2. The number of piperidine rings is 1. The third-order valence-corrected chi connectivity index (χ3v) is 5.74. The normalized spacial score (nSPS) is 20.3. The fraction of sp³-hybridized carbons (Fsp3) is 0.524. The van der Waals surface area contributed by atoms with E-state index in [1.54, 1.807) is 12.1 Å². The molecule has 2 aliphatic rings. The van der Waals surface area contributed by atoms with Gasteiger partial charge in [0, 0.05) is 26.1 Å². The van der Waals surface area contributed by atoms with Crippen LogP contribution in [0.25, 0.3) is 11.3 Å². The minimum atomic E-state index is -0.247. The van der Waals surface area contributed by atoms with Crippen molar-refractivity contribution in [2.24, 2.45) is 5.92 Å². The molecule has 1 saturated heterocycles. The van der Waals surface area contributed by atoms with Crippen LogP contribution in [0.3, 0.4) is 0 Å². The average molecular weight is 370 g/mol. The van der Waals surface area contributed by atoms with Crippen molar-refractivity contribution in [3.05, 3.63) is 42.1 Å². The van der Waals surface area contributed by atoms with Gasteiger partial charge in [0.15, 0.2) is 0 Å². The molecule has 1 unspecified atom stereocenters. The second-order valence-electron chi connectivity index (χ2n) is 7.61. The van der Waals surface area contributed by atoms with Gasteiger partial charge < -0.3 is 14.8 Å². The third-order valence-electron chi connectivity index (χ3n) is 5.74. The van der Waals surface area contributed by atoms with Gasteiger partial charge in [-0.15, -0.1) is 0 Å². The fourth-order valence-electron chi connectivity index (χ4n) is 4.16. The molecule has 0 aliphatic carbocycles. The van der Waals surface area contributed by atoms with Crippen LogP contribution in [0.5, 0.6) is 0 Å². The van der Waals surface area contributed by atoms with Gasteiger partial charge in [0.1, 0.15) is 11.6 Å². The van der Waals surface area contributed by atoms with Crippen molar-refractivity contribution in [1.29, 1.82) is 0 Å². The largest absolute Gasteiger partial charge is 0.355 e. The van der Waals surface area contributed by atoms with Gasteiger partial charge in [0.2, 0.25) is 5.91 Å². The zero-order chi connectivity index (χ0) is 18.6. The predicted molar refractivity (Wildman–Crippen MR) is 103 cm³/mol. The first-order valence-corrected chi connectivity index (χ1v) is 10.0. The van der Waals surface area contributed by atoms with Crippen LogP contribution >= 0.6 is 0 Å². The van der Waals surface area contributed by atoms with Gasteiger partial charge in [0.25, 0.3) is 0 Å². The molecule has 0 saturated carbocycles. The maximum atomic E-state index is 13.2. The van der Waals surface area contributed by atoms with Crippen molar-refractivity contribution in [3.8, 4) is 11.3 Å². The molecule has 3 heterocycles. The first-order valence-electron chi connectivity index (χ1n) is 10.0. The second kappa shape index (κ2) is 8.21. The molecule has 0 bridgehead atoms. The van der Waals surface area contributed by atoms with Gasteiger partial charge in [-0.1, -0.05) is 6.42 Å². The molecule has 27 heavy (non-hydrogen) atoms. The van der Waals surface area contributed by atoms with Gasteiger partial charge in [-0.25, -0.2) is 9.37 Å². The number of imidazole rings is 1. The molecule has 0 spiro atoms. The monoisotopic (exact) mass is 370 g/mol. The molecule has 1 aromatic carbocycles. The summed E-state index contributed by atoms with van der Waals surface area (Å²) in [5, 5.41) is 3.13. The smallest absolute Gasteiger partial charge is 0.224 e. The number of rotatable bonds is 5. The molecule has 1 atom stereocenters. The van der Waals surface area contributed by atoms with Crippen LogP contribution in [0.1, 0.15) is 31.5 Å². The van der Waals surface area contributed by atoms with E-state index in [0.717, 1.165) is 56.1 Å². The molecule has 1 N–H and O–H groups in total. The second-order valence-corrected chi connectivity index (χ2v) is 7.61. The molecule has 0 radical (unpaired) electrons. The first-order chi connectivity index (χ1) is 13.2. The van der Waals surface area contributed by atoms with Crippen LogP contribution in [0.15, 0.2) is 30.5 Å². The number of amides is 1.